The lowest BCUT2D eigenvalue weighted by molar-refractivity contribution is 0.475. The molecule has 98 valence electrons. The summed E-state index contributed by atoms with van der Waals surface area (Å²) in [7, 11) is 0. The third-order valence-electron chi connectivity index (χ3n) is 3.57. The number of aromatic hydroxyl groups is 1. The van der Waals surface area contributed by atoms with Gasteiger partial charge in [0.2, 0.25) is 0 Å². The molecular formula is C15H15FN2O. The Hall–Kier alpha value is -2.07. The lowest BCUT2D eigenvalue weighted by Gasteiger charge is -2.26. The molecule has 0 bridgehead atoms. The van der Waals surface area contributed by atoms with Gasteiger partial charge in [0.15, 0.2) is 0 Å². The summed E-state index contributed by atoms with van der Waals surface area (Å²) in [5.41, 5.74) is 8.75. The summed E-state index contributed by atoms with van der Waals surface area (Å²) in [6.07, 6.45) is 0. The summed E-state index contributed by atoms with van der Waals surface area (Å²) in [6, 6.07) is 11.8. The van der Waals surface area contributed by atoms with Crippen molar-refractivity contribution in [2.75, 3.05) is 11.4 Å². The molecule has 2 aromatic rings. The molecule has 0 saturated carbocycles. The molecule has 0 fully saturated rings. The summed E-state index contributed by atoms with van der Waals surface area (Å²) >= 11 is 0. The van der Waals surface area contributed by atoms with Crippen LogP contribution in [0.1, 0.15) is 17.2 Å². The lowest BCUT2D eigenvalue weighted by atomic mass is 10.0. The smallest absolute Gasteiger partial charge is 0.123 e. The van der Waals surface area contributed by atoms with Crippen LogP contribution in [0.4, 0.5) is 10.1 Å². The van der Waals surface area contributed by atoms with Crippen molar-refractivity contribution in [3.8, 4) is 5.75 Å². The Morgan fingerprint density at radius 3 is 2.84 bits per heavy atom. The molecule has 1 atom stereocenters. The molecule has 1 unspecified atom stereocenters. The van der Waals surface area contributed by atoms with Crippen LogP contribution >= 0.6 is 0 Å². The summed E-state index contributed by atoms with van der Waals surface area (Å²) in [5.74, 6) is -0.0228. The van der Waals surface area contributed by atoms with Crippen molar-refractivity contribution in [2.45, 2.75) is 12.6 Å². The Kier molecular flexibility index (Phi) is 2.87. The SMILES string of the molecule is NCC1c2cc(F)ccc2CN1c1cccc(O)c1. The Morgan fingerprint density at radius 2 is 2.11 bits per heavy atom. The van der Waals surface area contributed by atoms with Crippen molar-refractivity contribution in [1.82, 2.24) is 0 Å². The minimum atomic E-state index is -0.241. The second-order valence-electron chi connectivity index (χ2n) is 4.74. The highest BCUT2D eigenvalue weighted by molar-refractivity contribution is 5.57. The molecule has 3 nitrogen and oxygen atoms in total. The minimum absolute atomic E-state index is 0.0486. The van der Waals surface area contributed by atoms with Crippen molar-refractivity contribution in [3.05, 3.63) is 59.4 Å². The van der Waals surface area contributed by atoms with Gasteiger partial charge in [0.1, 0.15) is 11.6 Å². The minimum Gasteiger partial charge on any atom is -0.508 e. The van der Waals surface area contributed by atoms with E-state index in [9.17, 15) is 9.50 Å². The number of hydrogen-bond acceptors (Lipinski definition) is 3. The van der Waals surface area contributed by atoms with Gasteiger partial charge in [0.05, 0.1) is 6.04 Å². The summed E-state index contributed by atoms with van der Waals surface area (Å²) < 4.78 is 13.4. The maximum absolute atomic E-state index is 13.4. The van der Waals surface area contributed by atoms with E-state index in [0.717, 1.165) is 16.8 Å². The average Bonchev–Trinajstić information content (AvgIpc) is 2.76. The second kappa shape index (κ2) is 4.55. The molecule has 0 radical (unpaired) electrons. The van der Waals surface area contributed by atoms with Crippen LogP contribution in [0, 0.1) is 5.82 Å². The molecular weight excluding hydrogens is 243 g/mol. The first-order chi connectivity index (χ1) is 9.19. The molecule has 1 heterocycles. The molecule has 0 saturated heterocycles. The van der Waals surface area contributed by atoms with Crippen molar-refractivity contribution >= 4 is 5.69 Å². The largest absolute Gasteiger partial charge is 0.508 e. The number of benzene rings is 2. The molecule has 1 aliphatic rings. The van der Waals surface area contributed by atoms with E-state index >= 15 is 0 Å². The van der Waals surface area contributed by atoms with Crippen molar-refractivity contribution in [3.63, 3.8) is 0 Å². The monoisotopic (exact) mass is 258 g/mol. The van der Waals surface area contributed by atoms with Gasteiger partial charge in [-0.2, -0.15) is 0 Å². The fourth-order valence-electron chi connectivity index (χ4n) is 2.68. The maximum Gasteiger partial charge on any atom is 0.123 e. The van der Waals surface area contributed by atoms with Crippen LogP contribution in [-0.4, -0.2) is 11.7 Å². The van der Waals surface area contributed by atoms with Crippen LogP contribution in [0.2, 0.25) is 0 Å². The lowest BCUT2D eigenvalue weighted by Crippen LogP contribution is -2.27. The second-order valence-corrected chi connectivity index (χ2v) is 4.74. The highest BCUT2D eigenvalue weighted by Gasteiger charge is 2.29. The highest BCUT2D eigenvalue weighted by Crippen LogP contribution is 2.38. The quantitative estimate of drug-likeness (QED) is 0.870. The van der Waals surface area contributed by atoms with E-state index in [-0.39, 0.29) is 17.6 Å². The van der Waals surface area contributed by atoms with Crippen LogP contribution < -0.4 is 10.6 Å². The molecule has 1 aliphatic heterocycles. The van der Waals surface area contributed by atoms with Crippen LogP contribution in [0.15, 0.2) is 42.5 Å². The number of nitrogens with two attached hydrogens (primary N) is 1. The topological polar surface area (TPSA) is 49.5 Å². The Bertz CT molecular complexity index is 615. The van der Waals surface area contributed by atoms with E-state index < -0.39 is 0 Å². The van der Waals surface area contributed by atoms with Gasteiger partial charge in [-0.15, -0.1) is 0 Å². The number of hydrogen-bond donors (Lipinski definition) is 2. The van der Waals surface area contributed by atoms with Gasteiger partial charge in [0, 0.05) is 24.8 Å². The van der Waals surface area contributed by atoms with Gasteiger partial charge in [-0.05, 0) is 35.4 Å². The zero-order valence-electron chi connectivity index (χ0n) is 10.4. The standard InChI is InChI=1S/C15H15FN2O/c16-11-5-4-10-9-18(15(8-17)14(10)6-11)12-2-1-3-13(19)7-12/h1-7,15,19H,8-9,17H2. The first-order valence-corrected chi connectivity index (χ1v) is 6.23. The number of phenolic OH excluding ortho intramolecular Hbond substituents is 1. The van der Waals surface area contributed by atoms with Gasteiger partial charge in [-0.3, -0.25) is 0 Å². The number of halogens is 1. The summed E-state index contributed by atoms with van der Waals surface area (Å²) in [6.45, 7) is 1.09. The Balaban J connectivity index is 2.02. The number of nitrogens with zero attached hydrogens (tertiary/aromatic N) is 1. The molecule has 0 amide bonds. The molecule has 4 heteroatoms. The van der Waals surface area contributed by atoms with E-state index in [0.29, 0.717) is 13.1 Å². The average molecular weight is 258 g/mol. The van der Waals surface area contributed by atoms with Crippen LogP contribution in [0.5, 0.6) is 5.75 Å². The van der Waals surface area contributed by atoms with E-state index in [1.807, 2.05) is 6.07 Å². The van der Waals surface area contributed by atoms with Gasteiger partial charge in [-0.25, -0.2) is 4.39 Å². The molecule has 0 aromatic heterocycles. The van der Waals surface area contributed by atoms with E-state index in [4.69, 9.17) is 5.73 Å². The third kappa shape index (κ3) is 2.04. The molecule has 0 aliphatic carbocycles. The van der Waals surface area contributed by atoms with Gasteiger partial charge < -0.3 is 15.7 Å². The molecule has 3 N–H and O–H groups in total. The number of fused-ring (bicyclic) bond motifs is 1. The molecule has 0 spiro atoms. The first kappa shape index (κ1) is 12.0. The normalized spacial score (nSPS) is 17.6. The number of phenols is 1. The Labute approximate surface area is 111 Å². The first-order valence-electron chi connectivity index (χ1n) is 6.23. The predicted octanol–water partition coefficient (Wildman–Crippen LogP) is 2.55. The van der Waals surface area contributed by atoms with Crippen LogP contribution in [-0.2, 0) is 6.54 Å². The number of anilines is 1. The van der Waals surface area contributed by atoms with E-state index in [1.165, 1.54) is 6.07 Å². The summed E-state index contributed by atoms with van der Waals surface area (Å²) in [4.78, 5) is 2.09. The number of rotatable bonds is 2. The fourth-order valence-corrected chi connectivity index (χ4v) is 2.68. The predicted molar refractivity (Wildman–Crippen MR) is 72.5 cm³/mol. The zero-order chi connectivity index (χ0) is 13.4. The molecule has 19 heavy (non-hydrogen) atoms. The fraction of sp³-hybridized carbons (Fsp3) is 0.200. The van der Waals surface area contributed by atoms with Crippen molar-refractivity contribution in [2.24, 2.45) is 5.73 Å². The van der Waals surface area contributed by atoms with Crippen LogP contribution in [0.25, 0.3) is 0 Å². The molecule has 2 aromatic carbocycles. The van der Waals surface area contributed by atoms with Gasteiger partial charge in [0.25, 0.3) is 0 Å². The zero-order valence-corrected chi connectivity index (χ0v) is 10.4. The molecule has 3 rings (SSSR count). The van der Waals surface area contributed by atoms with Crippen molar-refractivity contribution in [1.29, 1.82) is 0 Å². The van der Waals surface area contributed by atoms with Crippen LogP contribution in [0.3, 0.4) is 0 Å². The maximum atomic E-state index is 13.4. The van der Waals surface area contributed by atoms with Crippen molar-refractivity contribution < 1.29 is 9.50 Å². The highest BCUT2D eigenvalue weighted by atomic mass is 19.1. The third-order valence-corrected chi connectivity index (χ3v) is 3.57. The van der Waals surface area contributed by atoms with E-state index in [1.54, 1.807) is 30.3 Å². The van der Waals surface area contributed by atoms with Gasteiger partial charge in [-0.1, -0.05) is 12.1 Å². The Morgan fingerprint density at radius 1 is 1.26 bits per heavy atom. The van der Waals surface area contributed by atoms with E-state index in [2.05, 4.69) is 4.90 Å². The van der Waals surface area contributed by atoms with Gasteiger partial charge >= 0.3 is 0 Å². The summed E-state index contributed by atoms with van der Waals surface area (Å²) in [5, 5.41) is 9.58.